The third-order valence-corrected chi connectivity index (χ3v) is 3.24. The molecule has 2 rings (SSSR count). The van der Waals surface area contributed by atoms with Gasteiger partial charge in [-0.25, -0.2) is 4.98 Å². The maximum Gasteiger partial charge on any atom is 0.293 e. The standard InChI is InChI=1S/C12H19N5O2/c1-3-9-13-11(15-14-9)12(19)16(2)8-10(18)17-6-4-5-7-17/h3-8H2,1-2H3,(H,13,14,15). The largest absolute Gasteiger partial charge is 0.341 e. The fourth-order valence-corrected chi connectivity index (χ4v) is 2.06. The molecule has 2 heterocycles. The number of aromatic nitrogens is 3. The van der Waals surface area contributed by atoms with E-state index in [1.807, 2.05) is 6.92 Å². The van der Waals surface area contributed by atoms with Gasteiger partial charge in [0.25, 0.3) is 5.91 Å². The SMILES string of the molecule is CCc1nc(C(=O)N(C)CC(=O)N2CCCC2)n[nH]1. The molecule has 2 amide bonds. The molecular formula is C12H19N5O2. The van der Waals surface area contributed by atoms with Crippen LogP contribution in [-0.2, 0) is 11.2 Å². The van der Waals surface area contributed by atoms with Crippen molar-refractivity contribution in [3.63, 3.8) is 0 Å². The monoisotopic (exact) mass is 265 g/mol. The van der Waals surface area contributed by atoms with Gasteiger partial charge in [0.05, 0.1) is 6.54 Å². The second-order valence-electron chi connectivity index (χ2n) is 4.71. The van der Waals surface area contributed by atoms with E-state index in [1.54, 1.807) is 11.9 Å². The van der Waals surface area contributed by atoms with Gasteiger partial charge in [0.2, 0.25) is 11.7 Å². The molecule has 19 heavy (non-hydrogen) atoms. The van der Waals surface area contributed by atoms with E-state index < -0.39 is 0 Å². The van der Waals surface area contributed by atoms with Gasteiger partial charge in [0.1, 0.15) is 5.82 Å². The molecule has 7 nitrogen and oxygen atoms in total. The van der Waals surface area contributed by atoms with E-state index in [4.69, 9.17) is 0 Å². The van der Waals surface area contributed by atoms with Crippen LogP contribution in [0.4, 0.5) is 0 Å². The Labute approximate surface area is 112 Å². The van der Waals surface area contributed by atoms with E-state index in [0.29, 0.717) is 12.2 Å². The number of rotatable bonds is 4. The fraction of sp³-hybridized carbons (Fsp3) is 0.667. The van der Waals surface area contributed by atoms with Crippen LogP contribution in [0.5, 0.6) is 0 Å². The van der Waals surface area contributed by atoms with Crippen molar-refractivity contribution >= 4 is 11.8 Å². The third kappa shape index (κ3) is 3.10. The summed E-state index contributed by atoms with van der Waals surface area (Å²) >= 11 is 0. The summed E-state index contributed by atoms with van der Waals surface area (Å²) in [4.78, 5) is 31.2. The van der Waals surface area contributed by atoms with E-state index in [1.165, 1.54) is 4.90 Å². The highest BCUT2D eigenvalue weighted by molar-refractivity contribution is 5.93. The molecule has 1 saturated heterocycles. The predicted octanol–water partition coefficient (Wildman–Crippen LogP) is 0.0615. The summed E-state index contributed by atoms with van der Waals surface area (Å²) in [5.41, 5.74) is 0. The molecule has 1 aromatic rings. The number of nitrogens with one attached hydrogen (secondary N) is 1. The first kappa shape index (κ1) is 13.5. The van der Waals surface area contributed by atoms with E-state index >= 15 is 0 Å². The highest BCUT2D eigenvalue weighted by Crippen LogP contribution is 2.08. The van der Waals surface area contributed by atoms with Crippen molar-refractivity contribution < 1.29 is 9.59 Å². The van der Waals surface area contributed by atoms with Crippen molar-refractivity contribution in [2.75, 3.05) is 26.7 Å². The Balaban J connectivity index is 1.93. The zero-order chi connectivity index (χ0) is 13.8. The molecule has 1 N–H and O–H groups in total. The molecule has 1 aliphatic rings. The Morgan fingerprint density at radius 3 is 2.63 bits per heavy atom. The molecule has 0 atom stereocenters. The summed E-state index contributed by atoms with van der Waals surface area (Å²) in [5.74, 6) is 0.444. The van der Waals surface area contributed by atoms with Crippen molar-refractivity contribution in [2.24, 2.45) is 0 Å². The van der Waals surface area contributed by atoms with Crippen LogP contribution >= 0.6 is 0 Å². The maximum atomic E-state index is 12.0. The number of amides is 2. The zero-order valence-electron chi connectivity index (χ0n) is 11.3. The molecule has 1 aromatic heterocycles. The van der Waals surface area contributed by atoms with Gasteiger partial charge in [-0.3, -0.25) is 14.7 Å². The van der Waals surface area contributed by atoms with Crippen LogP contribution in [0.15, 0.2) is 0 Å². The summed E-state index contributed by atoms with van der Waals surface area (Å²) in [7, 11) is 1.60. The first-order valence-electron chi connectivity index (χ1n) is 6.56. The lowest BCUT2D eigenvalue weighted by molar-refractivity contribution is -0.130. The molecule has 0 bridgehead atoms. The van der Waals surface area contributed by atoms with Gasteiger partial charge in [-0.15, -0.1) is 5.10 Å². The quantitative estimate of drug-likeness (QED) is 0.834. The highest BCUT2D eigenvalue weighted by Gasteiger charge is 2.23. The van der Waals surface area contributed by atoms with E-state index in [2.05, 4.69) is 15.2 Å². The van der Waals surface area contributed by atoms with Crippen LogP contribution in [0.2, 0.25) is 0 Å². The number of hydrogen-bond acceptors (Lipinski definition) is 4. The summed E-state index contributed by atoms with van der Waals surface area (Å²) in [6, 6.07) is 0. The highest BCUT2D eigenvalue weighted by atomic mass is 16.2. The van der Waals surface area contributed by atoms with Crippen LogP contribution in [0.1, 0.15) is 36.2 Å². The van der Waals surface area contributed by atoms with Crippen LogP contribution in [0.3, 0.4) is 0 Å². The lowest BCUT2D eigenvalue weighted by Gasteiger charge is -2.20. The van der Waals surface area contributed by atoms with Crippen LogP contribution in [0.25, 0.3) is 0 Å². The molecule has 104 valence electrons. The molecule has 0 aromatic carbocycles. The number of hydrogen-bond donors (Lipinski definition) is 1. The van der Waals surface area contributed by atoms with E-state index in [0.717, 1.165) is 25.9 Å². The normalized spacial score (nSPS) is 14.7. The molecule has 0 unspecified atom stereocenters. The Kier molecular flexibility index (Phi) is 4.13. The van der Waals surface area contributed by atoms with Crippen molar-refractivity contribution in [3.05, 3.63) is 11.6 Å². The molecular weight excluding hydrogens is 246 g/mol. The second-order valence-corrected chi connectivity index (χ2v) is 4.71. The molecule has 7 heteroatoms. The molecule has 1 aliphatic heterocycles. The Bertz CT molecular complexity index is 464. The minimum absolute atomic E-state index is 0.0143. The summed E-state index contributed by atoms with van der Waals surface area (Å²) in [6.45, 7) is 3.59. The summed E-state index contributed by atoms with van der Waals surface area (Å²) < 4.78 is 0. The number of carbonyl (C=O) groups is 2. The average Bonchev–Trinajstić information content (AvgIpc) is 3.08. The van der Waals surface area contributed by atoms with Crippen LogP contribution < -0.4 is 0 Å². The Hall–Kier alpha value is -1.92. The molecule has 0 spiro atoms. The third-order valence-electron chi connectivity index (χ3n) is 3.24. The number of likely N-dealkylation sites (N-methyl/N-ethyl adjacent to an activating group) is 1. The number of likely N-dealkylation sites (tertiary alicyclic amines) is 1. The molecule has 0 aliphatic carbocycles. The number of nitrogens with zero attached hydrogens (tertiary/aromatic N) is 4. The Morgan fingerprint density at radius 2 is 2.05 bits per heavy atom. The van der Waals surface area contributed by atoms with Crippen molar-refractivity contribution in [1.82, 2.24) is 25.0 Å². The molecule has 1 fully saturated rings. The summed E-state index contributed by atoms with van der Waals surface area (Å²) in [6.07, 6.45) is 2.78. The van der Waals surface area contributed by atoms with Crippen LogP contribution in [0, 0.1) is 0 Å². The molecule has 0 radical (unpaired) electrons. The lowest BCUT2D eigenvalue weighted by atomic mass is 10.4. The first-order chi connectivity index (χ1) is 9.11. The van der Waals surface area contributed by atoms with Crippen molar-refractivity contribution in [2.45, 2.75) is 26.2 Å². The fourth-order valence-electron chi connectivity index (χ4n) is 2.06. The summed E-state index contributed by atoms with van der Waals surface area (Å²) in [5, 5.41) is 6.56. The first-order valence-corrected chi connectivity index (χ1v) is 6.56. The van der Waals surface area contributed by atoms with Gasteiger partial charge in [-0.2, -0.15) is 0 Å². The van der Waals surface area contributed by atoms with Gasteiger partial charge in [-0.1, -0.05) is 6.92 Å². The van der Waals surface area contributed by atoms with Gasteiger partial charge >= 0.3 is 0 Å². The smallest absolute Gasteiger partial charge is 0.293 e. The van der Waals surface area contributed by atoms with Gasteiger partial charge in [0, 0.05) is 26.6 Å². The van der Waals surface area contributed by atoms with Gasteiger partial charge in [0.15, 0.2) is 0 Å². The molecule has 0 saturated carbocycles. The number of carbonyl (C=O) groups excluding carboxylic acids is 2. The van der Waals surface area contributed by atoms with Gasteiger partial charge < -0.3 is 9.80 Å². The van der Waals surface area contributed by atoms with E-state index in [-0.39, 0.29) is 24.2 Å². The topological polar surface area (TPSA) is 82.2 Å². The van der Waals surface area contributed by atoms with Gasteiger partial charge in [-0.05, 0) is 12.8 Å². The number of aryl methyl sites for hydroxylation is 1. The minimum atomic E-state index is -0.330. The Morgan fingerprint density at radius 1 is 1.37 bits per heavy atom. The van der Waals surface area contributed by atoms with Crippen molar-refractivity contribution in [3.8, 4) is 0 Å². The maximum absolute atomic E-state index is 12.0. The predicted molar refractivity (Wildman–Crippen MR) is 68.5 cm³/mol. The average molecular weight is 265 g/mol. The van der Waals surface area contributed by atoms with Crippen LogP contribution in [-0.4, -0.2) is 63.5 Å². The number of H-pyrrole nitrogens is 1. The minimum Gasteiger partial charge on any atom is -0.341 e. The lowest BCUT2D eigenvalue weighted by Crippen LogP contribution is -2.40. The number of aromatic amines is 1. The van der Waals surface area contributed by atoms with E-state index in [9.17, 15) is 9.59 Å². The van der Waals surface area contributed by atoms with Crippen molar-refractivity contribution in [1.29, 1.82) is 0 Å². The zero-order valence-corrected chi connectivity index (χ0v) is 11.3. The second kappa shape index (κ2) is 5.81.